The van der Waals surface area contributed by atoms with E-state index in [2.05, 4.69) is 10.5 Å². The number of nitrogens with one attached hydrogen (secondary N) is 1. The van der Waals surface area contributed by atoms with Crippen molar-refractivity contribution in [2.45, 2.75) is 20.4 Å². The van der Waals surface area contributed by atoms with Crippen LogP contribution in [0.2, 0.25) is 5.02 Å². The summed E-state index contributed by atoms with van der Waals surface area (Å²) in [7, 11) is 1.59. The highest BCUT2D eigenvalue weighted by atomic mass is 35.5. The molecule has 0 unspecified atom stereocenters. The number of aryl methyl sites for hydroxylation is 2. The molecule has 0 aliphatic heterocycles. The Bertz CT molecular complexity index is 981. The van der Waals surface area contributed by atoms with Crippen molar-refractivity contribution >= 4 is 17.5 Å². The quantitative estimate of drug-likeness (QED) is 0.688. The van der Waals surface area contributed by atoms with Crippen molar-refractivity contribution in [1.29, 1.82) is 0 Å². The number of carbonyl (C=O) groups is 1. The molecular formula is C20H18ClFN2O3. The number of rotatable bonds is 5. The zero-order chi connectivity index (χ0) is 19.6. The summed E-state index contributed by atoms with van der Waals surface area (Å²) in [5.74, 6) is 0.0146. The molecule has 0 fully saturated rings. The molecule has 1 N–H and O–H groups in total. The monoisotopic (exact) mass is 388 g/mol. The van der Waals surface area contributed by atoms with E-state index in [1.54, 1.807) is 14.0 Å². The molecule has 1 heterocycles. The second kappa shape index (κ2) is 7.80. The third-order valence-corrected chi connectivity index (χ3v) is 4.53. The summed E-state index contributed by atoms with van der Waals surface area (Å²) in [5.41, 5.74) is 2.14. The molecule has 3 rings (SSSR count). The van der Waals surface area contributed by atoms with Crippen LogP contribution in [0, 0.1) is 19.7 Å². The molecule has 7 heteroatoms. The number of methoxy groups -OCH3 is 1. The standard InChI is InChI=1S/C20H18ClFN2O3/c1-11-7-8-13(9-16(11)26-3)10-23-20(25)17-12(2)27-24-19(17)18-14(21)5-4-6-15(18)22/h4-9H,10H2,1-3H3,(H,23,25). The van der Waals surface area contributed by atoms with E-state index in [4.69, 9.17) is 20.9 Å². The van der Waals surface area contributed by atoms with Crippen LogP contribution in [0.5, 0.6) is 5.75 Å². The fourth-order valence-electron chi connectivity index (χ4n) is 2.78. The van der Waals surface area contributed by atoms with E-state index in [1.165, 1.54) is 18.2 Å². The Morgan fingerprint density at radius 1 is 1.30 bits per heavy atom. The highest BCUT2D eigenvalue weighted by Crippen LogP contribution is 2.33. The number of benzene rings is 2. The zero-order valence-corrected chi connectivity index (χ0v) is 15.9. The van der Waals surface area contributed by atoms with Gasteiger partial charge < -0.3 is 14.6 Å². The molecule has 1 aromatic heterocycles. The fraction of sp³-hybridized carbons (Fsp3) is 0.200. The minimum Gasteiger partial charge on any atom is -0.496 e. The highest BCUT2D eigenvalue weighted by Gasteiger charge is 2.25. The molecule has 0 spiro atoms. The first kappa shape index (κ1) is 18.9. The molecule has 27 heavy (non-hydrogen) atoms. The van der Waals surface area contributed by atoms with Gasteiger partial charge in [-0.1, -0.05) is 35.0 Å². The van der Waals surface area contributed by atoms with Gasteiger partial charge in [0.15, 0.2) is 0 Å². The van der Waals surface area contributed by atoms with Gasteiger partial charge in [-0.3, -0.25) is 4.79 Å². The van der Waals surface area contributed by atoms with Gasteiger partial charge in [-0.2, -0.15) is 0 Å². The van der Waals surface area contributed by atoms with Crippen molar-refractivity contribution < 1.29 is 18.4 Å². The minimum absolute atomic E-state index is 0.0400. The Balaban J connectivity index is 1.87. The number of aromatic nitrogens is 1. The van der Waals surface area contributed by atoms with Crippen LogP contribution in [-0.2, 0) is 6.54 Å². The average molecular weight is 389 g/mol. The van der Waals surface area contributed by atoms with E-state index >= 15 is 0 Å². The van der Waals surface area contributed by atoms with Crippen LogP contribution in [-0.4, -0.2) is 18.2 Å². The van der Waals surface area contributed by atoms with Crippen molar-refractivity contribution in [3.8, 4) is 17.0 Å². The lowest BCUT2D eigenvalue weighted by Crippen LogP contribution is -2.23. The van der Waals surface area contributed by atoms with Gasteiger partial charge in [0.25, 0.3) is 5.91 Å². The molecule has 0 aliphatic carbocycles. The Kier molecular flexibility index (Phi) is 5.46. The van der Waals surface area contributed by atoms with E-state index in [0.717, 1.165) is 16.9 Å². The molecule has 3 aromatic rings. The topological polar surface area (TPSA) is 64.4 Å². The van der Waals surface area contributed by atoms with Crippen molar-refractivity contribution in [2.24, 2.45) is 0 Å². The molecule has 0 saturated heterocycles. The fourth-order valence-corrected chi connectivity index (χ4v) is 3.03. The molecule has 0 atom stereocenters. The molecule has 0 aliphatic rings. The van der Waals surface area contributed by atoms with Gasteiger partial charge in [0.1, 0.15) is 28.6 Å². The molecule has 0 bridgehead atoms. The molecule has 1 amide bonds. The van der Waals surface area contributed by atoms with Crippen LogP contribution in [0.25, 0.3) is 11.3 Å². The third-order valence-electron chi connectivity index (χ3n) is 4.21. The van der Waals surface area contributed by atoms with Crippen molar-refractivity contribution in [2.75, 3.05) is 7.11 Å². The number of amides is 1. The van der Waals surface area contributed by atoms with Gasteiger partial charge in [0.2, 0.25) is 0 Å². The van der Waals surface area contributed by atoms with E-state index in [1.807, 2.05) is 25.1 Å². The molecule has 0 radical (unpaired) electrons. The van der Waals surface area contributed by atoms with Crippen LogP contribution in [0.1, 0.15) is 27.2 Å². The van der Waals surface area contributed by atoms with Crippen LogP contribution in [0.15, 0.2) is 40.9 Å². The Labute approximate surface area is 161 Å². The molecule has 2 aromatic carbocycles. The Morgan fingerprint density at radius 3 is 2.78 bits per heavy atom. The summed E-state index contributed by atoms with van der Waals surface area (Å²) >= 11 is 6.10. The first-order valence-corrected chi connectivity index (χ1v) is 8.62. The van der Waals surface area contributed by atoms with Gasteiger partial charge in [-0.25, -0.2) is 4.39 Å². The lowest BCUT2D eigenvalue weighted by molar-refractivity contribution is 0.0950. The maximum absolute atomic E-state index is 14.2. The average Bonchev–Trinajstić information content (AvgIpc) is 3.02. The lowest BCUT2D eigenvalue weighted by atomic mass is 10.0. The normalized spacial score (nSPS) is 10.7. The Morgan fingerprint density at radius 2 is 2.07 bits per heavy atom. The van der Waals surface area contributed by atoms with Gasteiger partial charge in [-0.15, -0.1) is 0 Å². The number of ether oxygens (including phenoxy) is 1. The van der Waals surface area contributed by atoms with Gasteiger partial charge in [0, 0.05) is 6.54 Å². The molecular weight excluding hydrogens is 371 g/mol. The summed E-state index contributed by atoms with van der Waals surface area (Å²) in [6.07, 6.45) is 0. The second-order valence-corrected chi connectivity index (χ2v) is 6.45. The summed E-state index contributed by atoms with van der Waals surface area (Å²) in [5, 5.41) is 6.80. The number of hydrogen-bond acceptors (Lipinski definition) is 4. The van der Waals surface area contributed by atoms with Gasteiger partial charge in [-0.05, 0) is 43.2 Å². The molecule has 140 valence electrons. The van der Waals surface area contributed by atoms with Crippen LogP contribution >= 0.6 is 11.6 Å². The van der Waals surface area contributed by atoms with Crippen LogP contribution in [0.4, 0.5) is 4.39 Å². The third kappa shape index (κ3) is 3.80. The maximum atomic E-state index is 14.2. The predicted molar refractivity (Wildman–Crippen MR) is 101 cm³/mol. The Hall–Kier alpha value is -2.86. The van der Waals surface area contributed by atoms with Crippen molar-refractivity contribution in [3.63, 3.8) is 0 Å². The van der Waals surface area contributed by atoms with Gasteiger partial charge >= 0.3 is 0 Å². The molecule has 0 saturated carbocycles. The minimum atomic E-state index is -0.576. The van der Waals surface area contributed by atoms with Crippen molar-refractivity contribution in [3.05, 3.63) is 69.7 Å². The van der Waals surface area contributed by atoms with Crippen LogP contribution in [0.3, 0.4) is 0 Å². The summed E-state index contributed by atoms with van der Waals surface area (Å²) in [4.78, 5) is 12.7. The number of hydrogen-bond donors (Lipinski definition) is 1. The maximum Gasteiger partial charge on any atom is 0.257 e. The number of carbonyl (C=O) groups excluding carboxylic acids is 1. The van der Waals surface area contributed by atoms with E-state index in [9.17, 15) is 9.18 Å². The van der Waals surface area contributed by atoms with E-state index in [0.29, 0.717) is 0 Å². The van der Waals surface area contributed by atoms with Crippen molar-refractivity contribution in [1.82, 2.24) is 10.5 Å². The summed E-state index contributed by atoms with van der Waals surface area (Å²) in [6.45, 7) is 3.80. The smallest absolute Gasteiger partial charge is 0.257 e. The molecule has 5 nitrogen and oxygen atoms in total. The number of halogens is 2. The van der Waals surface area contributed by atoms with E-state index in [-0.39, 0.29) is 34.1 Å². The largest absolute Gasteiger partial charge is 0.496 e. The predicted octanol–water partition coefficient (Wildman–Crippen LogP) is 4.69. The van der Waals surface area contributed by atoms with E-state index < -0.39 is 11.7 Å². The highest BCUT2D eigenvalue weighted by molar-refractivity contribution is 6.33. The summed E-state index contributed by atoms with van der Waals surface area (Å²) < 4.78 is 24.7. The first-order chi connectivity index (χ1) is 12.9. The van der Waals surface area contributed by atoms with Gasteiger partial charge in [0.05, 0.1) is 17.7 Å². The summed E-state index contributed by atoms with van der Waals surface area (Å²) in [6, 6.07) is 9.93. The lowest BCUT2D eigenvalue weighted by Gasteiger charge is -2.10. The zero-order valence-electron chi connectivity index (χ0n) is 15.1. The second-order valence-electron chi connectivity index (χ2n) is 6.05. The first-order valence-electron chi connectivity index (χ1n) is 8.24. The SMILES string of the molecule is COc1cc(CNC(=O)c2c(-c3c(F)cccc3Cl)noc2C)ccc1C. The number of nitrogens with zero attached hydrogens (tertiary/aromatic N) is 1. The van der Waals surface area contributed by atoms with Crippen LogP contribution < -0.4 is 10.1 Å².